The highest BCUT2D eigenvalue weighted by Crippen LogP contribution is 2.04. The van der Waals surface area contributed by atoms with Gasteiger partial charge in [-0.1, -0.05) is 6.92 Å². The third kappa shape index (κ3) is 9.34. The van der Waals surface area contributed by atoms with Crippen molar-refractivity contribution in [2.45, 2.75) is 19.8 Å². The number of thioether (sulfide) groups is 1. The Hall–Kier alpha value is -1.22. The molecular formula is C10H16N2O3S. The molecule has 0 aromatic rings. The molecule has 2 N–H and O–H groups in total. The van der Waals surface area contributed by atoms with Crippen LogP contribution < -0.4 is 5.32 Å². The number of hydrogen-bond acceptors (Lipinski definition) is 4. The molecule has 5 nitrogen and oxygen atoms in total. The topological polar surface area (TPSA) is 90.2 Å². The van der Waals surface area contributed by atoms with Crippen LogP contribution in [0.4, 0.5) is 0 Å². The molecule has 0 bridgehead atoms. The van der Waals surface area contributed by atoms with Crippen molar-refractivity contribution in [2.24, 2.45) is 5.92 Å². The van der Waals surface area contributed by atoms with Gasteiger partial charge in [0.25, 0.3) is 0 Å². The Labute approximate surface area is 99.2 Å². The summed E-state index contributed by atoms with van der Waals surface area (Å²) < 4.78 is 0. The Balaban J connectivity index is 3.51. The highest BCUT2D eigenvalue weighted by Gasteiger charge is 2.07. The average molecular weight is 244 g/mol. The fourth-order valence-corrected chi connectivity index (χ4v) is 1.48. The molecule has 0 aliphatic heterocycles. The van der Waals surface area contributed by atoms with Crippen LogP contribution in [0.15, 0.2) is 0 Å². The normalized spacial score (nSPS) is 11.5. The Morgan fingerprint density at radius 3 is 2.81 bits per heavy atom. The number of aliphatic carboxylic acids is 1. The van der Waals surface area contributed by atoms with Crippen molar-refractivity contribution in [1.29, 1.82) is 5.26 Å². The number of nitriles is 1. The quantitative estimate of drug-likeness (QED) is 0.618. The van der Waals surface area contributed by atoms with Crippen molar-refractivity contribution in [3.63, 3.8) is 0 Å². The van der Waals surface area contributed by atoms with Gasteiger partial charge in [-0.05, 0) is 12.3 Å². The first-order valence-electron chi connectivity index (χ1n) is 4.99. The van der Waals surface area contributed by atoms with Crippen LogP contribution in [0.3, 0.4) is 0 Å². The van der Waals surface area contributed by atoms with Crippen LogP contribution in [0.5, 0.6) is 0 Å². The third-order valence-electron chi connectivity index (χ3n) is 1.90. The highest BCUT2D eigenvalue weighted by atomic mass is 32.2. The Kier molecular flexibility index (Phi) is 8.35. The summed E-state index contributed by atoms with van der Waals surface area (Å²) in [4.78, 5) is 21.5. The first-order chi connectivity index (χ1) is 7.56. The van der Waals surface area contributed by atoms with Crippen molar-refractivity contribution in [3.05, 3.63) is 0 Å². The minimum Gasteiger partial charge on any atom is -0.481 e. The summed E-state index contributed by atoms with van der Waals surface area (Å²) in [6.07, 6.45) is 0.682. The zero-order valence-corrected chi connectivity index (χ0v) is 10.0. The zero-order chi connectivity index (χ0) is 12.4. The van der Waals surface area contributed by atoms with E-state index in [4.69, 9.17) is 10.4 Å². The van der Waals surface area contributed by atoms with Gasteiger partial charge in [-0.3, -0.25) is 9.59 Å². The minimum absolute atomic E-state index is 0.109. The van der Waals surface area contributed by atoms with Gasteiger partial charge < -0.3 is 10.4 Å². The van der Waals surface area contributed by atoms with Crippen LogP contribution in [0, 0.1) is 17.2 Å². The number of amides is 1. The molecule has 0 aliphatic rings. The lowest BCUT2D eigenvalue weighted by atomic mass is 10.1. The number of carbonyl (C=O) groups excluding carboxylic acids is 1. The number of nitrogens with zero attached hydrogens (tertiary/aromatic N) is 1. The summed E-state index contributed by atoms with van der Waals surface area (Å²) >= 11 is 1.26. The lowest BCUT2D eigenvalue weighted by Crippen LogP contribution is -2.30. The molecule has 1 atom stereocenters. The highest BCUT2D eigenvalue weighted by molar-refractivity contribution is 8.00. The lowest BCUT2D eigenvalue weighted by Gasteiger charge is -2.10. The second-order valence-corrected chi connectivity index (χ2v) is 4.48. The molecule has 90 valence electrons. The maximum absolute atomic E-state index is 11.2. The fraction of sp³-hybridized carbons (Fsp3) is 0.700. The van der Waals surface area contributed by atoms with Gasteiger partial charge in [-0.15, -0.1) is 11.8 Å². The number of carboxylic acid groups (broad SMARTS) is 1. The van der Waals surface area contributed by atoms with E-state index >= 15 is 0 Å². The second-order valence-electron chi connectivity index (χ2n) is 3.49. The number of carboxylic acids is 1. The Bertz CT molecular complexity index is 276. The van der Waals surface area contributed by atoms with Crippen molar-refractivity contribution >= 4 is 23.6 Å². The van der Waals surface area contributed by atoms with E-state index in [0.717, 1.165) is 0 Å². The molecule has 1 amide bonds. The minimum atomic E-state index is -0.817. The lowest BCUT2D eigenvalue weighted by molar-refractivity contribution is -0.137. The van der Waals surface area contributed by atoms with Crippen LogP contribution in [0.25, 0.3) is 0 Å². The van der Waals surface area contributed by atoms with Crippen molar-refractivity contribution in [1.82, 2.24) is 5.32 Å². The van der Waals surface area contributed by atoms with E-state index in [1.807, 2.05) is 13.0 Å². The van der Waals surface area contributed by atoms with Gasteiger partial charge in [0, 0.05) is 13.0 Å². The summed E-state index contributed by atoms with van der Waals surface area (Å²) in [5.41, 5.74) is 0. The summed E-state index contributed by atoms with van der Waals surface area (Å²) in [5.74, 6) is -0.188. The first kappa shape index (κ1) is 14.8. The molecule has 0 radical (unpaired) electrons. The van der Waals surface area contributed by atoms with Crippen LogP contribution in [-0.4, -0.2) is 35.0 Å². The van der Waals surface area contributed by atoms with Crippen LogP contribution in [-0.2, 0) is 9.59 Å². The van der Waals surface area contributed by atoms with E-state index in [0.29, 0.717) is 18.7 Å². The standard InChI is InChI=1S/C10H16N2O3S/c1-8(2-3-10(14)15)6-12-9(13)7-16-5-4-11/h8H,2-3,5-7H2,1H3,(H,12,13)(H,14,15). The molecule has 6 heteroatoms. The largest absolute Gasteiger partial charge is 0.481 e. The van der Waals surface area contributed by atoms with Crippen LogP contribution in [0.1, 0.15) is 19.8 Å². The van der Waals surface area contributed by atoms with Crippen molar-refractivity contribution in [2.75, 3.05) is 18.1 Å². The zero-order valence-electron chi connectivity index (χ0n) is 9.23. The van der Waals surface area contributed by atoms with Gasteiger partial charge >= 0.3 is 5.97 Å². The van der Waals surface area contributed by atoms with E-state index in [-0.39, 0.29) is 24.0 Å². The maximum Gasteiger partial charge on any atom is 0.303 e. The monoisotopic (exact) mass is 244 g/mol. The molecular weight excluding hydrogens is 228 g/mol. The molecule has 16 heavy (non-hydrogen) atoms. The van der Waals surface area contributed by atoms with Crippen LogP contribution in [0.2, 0.25) is 0 Å². The third-order valence-corrected chi connectivity index (χ3v) is 2.70. The van der Waals surface area contributed by atoms with E-state index in [1.165, 1.54) is 11.8 Å². The maximum atomic E-state index is 11.2. The molecule has 0 aliphatic carbocycles. The number of nitrogens with one attached hydrogen (secondary N) is 1. The predicted octanol–water partition coefficient (Wildman–Crippen LogP) is 0.860. The molecule has 0 fully saturated rings. The van der Waals surface area contributed by atoms with Crippen LogP contribution >= 0.6 is 11.8 Å². The SMILES string of the molecule is CC(CCC(=O)O)CNC(=O)CSCC#N. The summed E-state index contributed by atoms with van der Waals surface area (Å²) in [6.45, 7) is 2.38. The number of carbonyl (C=O) groups is 2. The van der Waals surface area contributed by atoms with Gasteiger partial charge in [-0.2, -0.15) is 5.26 Å². The molecule has 0 rings (SSSR count). The van der Waals surface area contributed by atoms with Crippen molar-refractivity contribution in [3.8, 4) is 6.07 Å². The number of hydrogen-bond donors (Lipinski definition) is 2. The summed E-state index contributed by atoms with van der Waals surface area (Å²) in [6, 6.07) is 1.94. The van der Waals surface area contributed by atoms with E-state index in [2.05, 4.69) is 5.32 Å². The van der Waals surface area contributed by atoms with Gasteiger partial charge in [0.15, 0.2) is 0 Å². The van der Waals surface area contributed by atoms with Gasteiger partial charge in [0.2, 0.25) is 5.91 Å². The molecule has 0 saturated heterocycles. The summed E-state index contributed by atoms with van der Waals surface area (Å²) in [7, 11) is 0. The van der Waals surface area contributed by atoms with E-state index in [1.54, 1.807) is 0 Å². The molecule has 0 aromatic carbocycles. The number of rotatable bonds is 8. The van der Waals surface area contributed by atoms with E-state index in [9.17, 15) is 9.59 Å². The Morgan fingerprint density at radius 2 is 2.25 bits per heavy atom. The molecule has 0 saturated carbocycles. The van der Waals surface area contributed by atoms with Gasteiger partial charge in [0.1, 0.15) is 0 Å². The second kappa shape index (κ2) is 9.04. The Morgan fingerprint density at radius 1 is 1.56 bits per heavy atom. The fourth-order valence-electron chi connectivity index (χ4n) is 1.00. The molecule has 0 heterocycles. The smallest absolute Gasteiger partial charge is 0.303 e. The average Bonchev–Trinajstić information content (AvgIpc) is 2.24. The first-order valence-corrected chi connectivity index (χ1v) is 6.15. The predicted molar refractivity (Wildman–Crippen MR) is 62.0 cm³/mol. The van der Waals surface area contributed by atoms with Crippen molar-refractivity contribution < 1.29 is 14.7 Å². The van der Waals surface area contributed by atoms with E-state index < -0.39 is 5.97 Å². The van der Waals surface area contributed by atoms with Gasteiger partial charge in [0.05, 0.1) is 17.6 Å². The van der Waals surface area contributed by atoms with Gasteiger partial charge in [-0.25, -0.2) is 0 Å². The molecule has 1 unspecified atom stereocenters. The molecule has 0 aromatic heterocycles. The summed E-state index contributed by atoms with van der Waals surface area (Å²) in [5, 5.41) is 19.4. The molecule has 0 spiro atoms.